The quantitative estimate of drug-likeness (QED) is 0.710. The number of methoxy groups -OCH3 is 2. The molecule has 1 atom stereocenters. The van der Waals surface area contributed by atoms with Crippen LogP contribution in [0.5, 0.6) is 11.5 Å². The van der Waals surface area contributed by atoms with Crippen LogP contribution >= 0.6 is 0 Å². The monoisotopic (exact) mass is 386 g/mol. The molecule has 0 spiro atoms. The number of carbonyl (C=O) groups excluding carboxylic acids is 3. The molecule has 0 aliphatic heterocycles. The zero-order valence-corrected chi connectivity index (χ0v) is 16.1. The van der Waals surface area contributed by atoms with Gasteiger partial charge in [-0.1, -0.05) is 0 Å². The van der Waals surface area contributed by atoms with Crippen molar-refractivity contribution in [1.29, 1.82) is 0 Å². The molecule has 0 radical (unpaired) electrons. The lowest BCUT2D eigenvalue weighted by Gasteiger charge is -2.15. The van der Waals surface area contributed by atoms with Crippen LogP contribution in [0.3, 0.4) is 0 Å². The molecule has 2 amide bonds. The highest BCUT2D eigenvalue weighted by Crippen LogP contribution is 2.28. The van der Waals surface area contributed by atoms with Gasteiger partial charge in [-0.3, -0.25) is 9.59 Å². The minimum Gasteiger partial charge on any atom is -0.493 e. The number of rotatable bonds is 7. The number of esters is 1. The number of hydrogen-bond acceptors (Lipinski definition) is 6. The van der Waals surface area contributed by atoms with E-state index < -0.39 is 18.0 Å². The van der Waals surface area contributed by atoms with Crippen molar-refractivity contribution in [3.8, 4) is 11.5 Å². The molecule has 0 aromatic heterocycles. The summed E-state index contributed by atoms with van der Waals surface area (Å²) in [4.78, 5) is 35.6. The van der Waals surface area contributed by atoms with Gasteiger partial charge in [-0.05, 0) is 49.4 Å². The first-order valence-electron chi connectivity index (χ1n) is 8.45. The van der Waals surface area contributed by atoms with Crippen LogP contribution in [0, 0.1) is 0 Å². The van der Waals surface area contributed by atoms with Gasteiger partial charge in [0.05, 0.1) is 19.8 Å². The van der Waals surface area contributed by atoms with Gasteiger partial charge in [-0.15, -0.1) is 0 Å². The SMILES string of the molecule is COc1ccc(C(=O)OC(C)C(=O)Nc2ccc(NC(C)=O)cc2)cc1OC. The van der Waals surface area contributed by atoms with Gasteiger partial charge in [0, 0.05) is 18.3 Å². The van der Waals surface area contributed by atoms with Crippen LogP contribution in [0.15, 0.2) is 42.5 Å². The third-order valence-corrected chi connectivity index (χ3v) is 3.75. The van der Waals surface area contributed by atoms with E-state index in [9.17, 15) is 14.4 Å². The molecule has 0 aliphatic carbocycles. The van der Waals surface area contributed by atoms with Crippen molar-refractivity contribution in [2.45, 2.75) is 20.0 Å². The lowest BCUT2D eigenvalue weighted by atomic mass is 10.2. The van der Waals surface area contributed by atoms with E-state index in [1.807, 2.05) is 0 Å². The van der Waals surface area contributed by atoms with Gasteiger partial charge in [-0.25, -0.2) is 4.79 Å². The Morgan fingerprint density at radius 2 is 1.43 bits per heavy atom. The zero-order chi connectivity index (χ0) is 20.7. The van der Waals surface area contributed by atoms with E-state index in [-0.39, 0.29) is 11.5 Å². The average Bonchev–Trinajstić information content (AvgIpc) is 2.68. The molecule has 28 heavy (non-hydrogen) atoms. The van der Waals surface area contributed by atoms with E-state index >= 15 is 0 Å². The first-order valence-corrected chi connectivity index (χ1v) is 8.45. The summed E-state index contributed by atoms with van der Waals surface area (Å²) < 4.78 is 15.5. The van der Waals surface area contributed by atoms with E-state index in [4.69, 9.17) is 14.2 Å². The summed E-state index contributed by atoms with van der Waals surface area (Å²) in [5.74, 6) is -0.473. The van der Waals surface area contributed by atoms with Gasteiger partial charge in [0.2, 0.25) is 5.91 Å². The summed E-state index contributed by atoms with van der Waals surface area (Å²) in [5.41, 5.74) is 1.35. The molecule has 0 bridgehead atoms. The van der Waals surface area contributed by atoms with Crippen molar-refractivity contribution in [3.05, 3.63) is 48.0 Å². The highest BCUT2D eigenvalue weighted by molar-refractivity contribution is 5.98. The lowest BCUT2D eigenvalue weighted by Crippen LogP contribution is -2.30. The summed E-state index contributed by atoms with van der Waals surface area (Å²) in [7, 11) is 2.95. The Hall–Kier alpha value is -3.55. The summed E-state index contributed by atoms with van der Waals surface area (Å²) in [6.07, 6.45) is -1.02. The van der Waals surface area contributed by atoms with Crippen molar-refractivity contribution in [1.82, 2.24) is 0 Å². The van der Waals surface area contributed by atoms with Gasteiger partial charge in [0.1, 0.15) is 0 Å². The maximum absolute atomic E-state index is 12.3. The topological polar surface area (TPSA) is 103 Å². The Morgan fingerprint density at radius 1 is 0.857 bits per heavy atom. The summed E-state index contributed by atoms with van der Waals surface area (Å²) in [6.45, 7) is 2.88. The number of amides is 2. The highest BCUT2D eigenvalue weighted by Gasteiger charge is 2.20. The predicted molar refractivity (Wildman–Crippen MR) is 104 cm³/mol. The Kier molecular flexibility index (Phi) is 6.97. The molecule has 0 aliphatic rings. The van der Waals surface area contributed by atoms with Gasteiger partial charge < -0.3 is 24.8 Å². The maximum atomic E-state index is 12.3. The van der Waals surface area contributed by atoms with Crippen LogP contribution in [-0.2, 0) is 14.3 Å². The van der Waals surface area contributed by atoms with Crippen LogP contribution in [0.4, 0.5) is 11.4 Å². The molecule has 2 aromatic rings. The smallest absolute Gasteiger partial charge is 0.339 e. The minimum atomic E-state index is -1.02. The van der Waals surface area contributed by atoms with Crippen molar-refractivity contribution in [2.75, 3.05) is 24.9 Å². The molecule has 0 saturated heterocycles. The number of benzene rings is 2. The van der Waals surface area contributed by atoms with Gasteiger partial charge in [0.25, 0.3) is 5.91 Å². The van der Waals surface area contributed by atoms with Crippen LogP contribution in [0.25, 0.3) is 0 Å². The molecule has 8 heteroatoms. The number of anilines is 2. The van der Waals surface area contributed by atoms with Crippen LogP contribution < -0.4 is 20.1 Å². The van der Waals surface area contributed by atoms with Gasteiger partial charge in [-0.2, -0.15) is 0 Å². The summed E-state index contributed by atoms with van der Waals surface area (Å²) >= 11 is 0. The Bertz CT molecular complexity index is 863. The Labute approximate surface area is 162 Å². The highest BCUT2D eigenvalue weighted by atomic mass is 16.5. The van der Waals surface area contributed by atoms with Crippen LogP contribution in [0.1, 0.15) is 24.2 Å². The zero-order valence-electron chi connectivity index (χ0n) is 16.1. The number of ether oxygens (including phenoxy) is 3. The fourth-order valence-electron chi connectivity index (χ4n) is 2.33. The number of nitrogens with one attached hydrogen (secondary N) is 2. The maximum Gasteiger partial charge on any atom is 0.339 e. The second kappa shape index (κ2) is 9.40. The molecule has 0 fully saturated rings. The van der Waals surface area contributed by atoms with Crippen molar-refractivity contribution in [2.24, 2.45) is 0 Å². The second-order valence-corrected chi connectivity index (χ2v) is 5.87. The van der Waals surface area contributed by atoms with Gasteiger partial charge >= 0.3 is 5.97 Å². The van der Waals surface area contributed by atoms with E-state index in [0.717, 1.165) is 0 Å². The standard InChI is InChI=1S/C20H22N2O6/c1-12(19(24)22-16-8-6-15(7-9-16)21-13(2)23)28-20(25)14-5-10-17(26-3)18(11-14)27-4/h5-12H,1-4H3,(H,21,23)(H,22,24). The first kappa shape index (κ1) is 20.8. The van der Waals surface area contributed by atoms with E-state index in [0.29, 0.717) is 22.9 Å². The van der Waals surface area contributed by atoms with E-state index in [2.05, 4.69) is 10.6 Å². The minimum absolute atomic E-state index is 0.188. The van der Waals surface area contributed by atoms with E-state index in [1.165, 1.54) is 40.2 Å². The molecule has 1 unspecified atom stereocenters. The third-order valence-electron chi connectivity index (χ3n) is 3.75. The fraction of sp³-hybridized carbons (Fsp3) is 0.250. The largest absolute Gasteiger partial charge is 0.493 e. The van der Waals surface area contributed by atoms with Crippen molar-refractivity contribution in [3.63, 3.8) is 0 Å². The molecule has 148 valence electrons. The molecular weight excluding hydrogens is 364 g/mol. The Morgan fingerprint density at radius 3 is 1.96 bits per heavy atom. The molecule has 8 nitrogen and oxygen atoms in total. The summed E-state index contributed by atoms with van der Waals surface area (Å²) in [6, 6.07) is 11.1. The van der Waals surface area contributed by atoms with Gasteiger partial charge in [0.15, 0.2) is 17.6 Å². The average molecular weight is 386 g/mol. The normalized spacial score (nSPS) is 11.1. The molecule has 0 heterocycles. The van der Waals surface area contributed by atoms with Crippen LogP contribution in [-0.4, -0.2) is 38.1 Å². The molecule has 2 rings (SSSR count). The summed E-state index contributed by atoms with van der Waals surface area (Å²) in [5, 5.41) is 5.28. The second-order valence-electron chi connectivity index (χ2n) is 5.87. The van der Waals surface area contributed by atoms with E-state index in [1.54, 1.807) is 30.3 Å². The molecule has 2 N–H and O–H groups in total. The van der Waals surface area contributed by atoms with Crippen molar-refractivity contribution < 1.29 is 28.6 Å². The molecule has 2 aromatic carbocycles. The fourth-order valence-corrected chi connectivity index (χ4v) is 2.33. The van der Waals surface area contributed by atoms with Crippen molar-refractivity contribution >= 4 is 29.2 Å². The number of carbonyl (C=O) groups is 3. The molecule has 0 saturated carbocycles. The lowest BCUT2D eigenvalue weighted by molar-refractivity contribution is -0.123. The Balaban J connectivity index is 1.98. The third kappa shape index (κ3) is 5.47. The number of hydrogen-bond donors (Lipinski definition) is 2. The first-order chi connectivity index (χ1) is 13.3. The van der Waals surface area contributed by atoms with Crippen LogP contribution in [0.2, 0.25) is 0 Å². The predicted octanol–water partition coefficient (Wildman–Crippen LogP) is 2.85. The molecular formula is C20H22N2O6.